The van der Waals surface area contributed by atoms with E-state index in [1.807, 2.05) is 25.5 Å². The molecule has 1 aliphatic rings. The molecule has 1 aromatic rings. The van der Waals surface area contributed by atoms with Gasteiger partial charge < -0.3 is 10.5 Å². The molecule has 1 fully saturated rings. The van der Waals surface area contributed by atoms with Crippen LogP contribution in [0.5, 0.6) is 0 Å². The molecule has 0 aliphatic heterocycles. The minimum atomic E-state index is -0.105. The zero-order chi connectivity index (χ0) is 11.8. The van der Waals surface area contributed by atoms with Crippen LogP contribution >= 0.6 is 0 Å². The summed E-state index contributed by atoms with van der Waals surface area (Å²) >= 11 is 0. The van der Waals surface area contributed by atoms with E-state index in [1.54, 1.807) is 0 Å². The average Bonchev–Trinajstić information content (AvgIpc) is 2.91. The van der Waals surface area contributed by atoms with Crippen LogP contribution < -0.4 is 5.73 Å². The SMILES string of the molecule is CC(C)(C)OCCn1nnc(N)c1C1CC1. The molecular weight excluding hydrogens is 204 g/mol. The number of nitrogens with two attached hydrogens (primary N) is 1. The van der Waals surface area contributed by atoms with Crippen molar-refractivity contribution in [3.05, 3.63) is 5.69 Å². The van der Waals surface area contributed by atoms with E-state index in [9.17, 15) is 0 Å². The normalized spacial score (nSPS) is 16.7. The van der Waals surface area contributed by atoms with E-state index in [4.69, 9.17) is 10.5 Å². The van der Waals surface area contributed by atoms with Gasteiger partial charge in [-0.05, 0) is 33.6 Å². The van der Waals surface area contributed by atoms with Gasteiger partial charge in [0.15, 0.2) is 5.82 Å². The van der Waals surface area contributed by atoms with Gasteiger partial charge in [0.2, 0.25) is 0 Å². The molecule has 0 bridgehead atoms. The Morgan fingerprint density at radius 1 is 1.44 bits per heavy atom. The van der Waals surface area contributed by atoms with Crippen LogP contribution in [0.4, 0.5) is 5.82 Å². The fourth-order valence-corrected chi connectivity index (χ4v) is 1.71. The molecule has 1 saturated carbocycles. The lowest BCUT2D eigenvalue weighted by molar-refractivity contribution is -0.00830. The van der Waals surface area contributed by atoms with Crippen molar-refractivity contribution in [2.24, 2.45) is 0 Å². The summed E-state index contributed by atoms with van der Waals surface area (Å²) in [4.78, 5) is 0. The van der Waals surface area contributed by atoms with Gasteiger partial charge in [0.05, 0.1) is 24.4 Å². The second-order valence-electron chi connectivity index (χ2n) is 5.32. The summed E-state index contributed by atoms with van der Waals surface area (Å²) in [5.74, 6) is 1.16. The van der Waals surface area contributed by atoms with Gasteiger partial charge in [-0.1, -0.05) is 5.21 Å². The van der Waals surface area contributed by atoms with Gasteiger partial charge in [-0.3, -0.25) is 0 Å². The van der Waals surface area contributed by atoms with Gasteiger partial charge in [0.1, 0.15) is 0 Å². The first-order valence-electron chi connectivity index (χ1n) is 5.80. The average molecular weight is 224 g/mol. The Labute approximate surface area is 96.0 Å². The van der Waals surface area contributed by atoms with Crippen molar-refractivity contribution in [3.8, 4) is 0 Å². The Morgan fingerprint density at radius 2 is 2.12 bits per heavy atom. The first-order chi connectivity index (χ1) is 7.47. The molecule has 2 rings (SSSR count). The molecule has 1 aliphatic carbocycles. The van der Waals surface area contributed by atoms with Crippen LogP contribution in [-0.2, 0) is 11.3 Å². The number of ether oxygens (including phenoxy) is 1. The summed E-state index contributed by atoms with van der Waals surface area (Å²) in [6.07, 6.45) is 2.41. The quantitative estimate of drug-likeness (QED) is 0.842. The summed E-state index contributed by atoms with van der Waals surface area (Å²) in [6, 6.07) is 0. The van der Waals surface area contributed by atoms with Gasteiger partial charge in [-0.2, -0.15) is 0 Å². The maximum Gasteiger partial charge on any atom is 0.169 e. The van der Waals surface area contributed by atoms with Gasteiger partial charge in [-0.15, -0.1) is 5.10 Å². The van der Waals surface area contributed by atoms with Crippen molar-refractivity contribution < 1.29 is 4.74 Å². The molecule has 1 aromatic heterocycles. The third-order valence-electron chi connectivity index (χ3n) is 2.60. The number of hydrogen-bond acceptors (Lipinski definition) is 4. The van der Waals surface area contributed by atoms with Crippen molar-refractivity contribution in [2.45, 2.75) is 51.7 Å². The molecule has 5 nitrogen and oxygen atoms in total. The number of anilines is 1. The Hall–Kier alpha value is -1.10. The molecule has 2 N–H and O–H groups in total. The van der Waals surface area contributed by atoms with E-state index in [1.165, 1.54) is 12.8 Å². The Bertz CT molecular complexity index is 363. The van der Waals surface area contributed by atoms with Crippen LogP contribution in [0.25, 0.3) is 0 Å². The third-order valence-corrected chi connectivity index (χ3v) is 2.60. The first kappa shape index (κ1) is 11.4. The molecule has 1 heterocycles. The van der Waals surface area contributed by atoms with E-state index in [-0.39, 0.29) is 5.60 Å². The summed E-state index contributed by atoms with van der Waals surface area (Å²) in [5.41, 5.74) is 6.79. The molecule has 16 heavy (non-hydrogen) atoms. The monoisotopic (exact) mass is 224 g/mol. The molecule has 0 aromatic carbocycles. The fourth-order valence-electron chi connectivity index (χ4n) is 1.71. The third kappa shape index (κ3) is 2.72. The zero-order valence-electron chi connectivity index (χ0n) is 10.2. The molecular formula is C11H20N4O. The topological polar surface area (TPSA) is 66.0 Å². The predicted octanol–water partition coefficient (Wildman–Crippen LogP) is 1.55. The largest absolute Gasteiger partial charge is 0.381 e. The van der Waals surface area contributed by atoms with Crippen LogP contribution in [-0.4, -0.2) is 27.2 Å². The van der Waals surface area contributed by atoms with Gasteiger partial charge in [0.25, 0.3) is 0 Å². The lowest BCUT2D eigenvalue weighted by Gasteiger charge is -2.19. The minimum Gasteiger partial charge on any atom is -0.381 e. The summed E-state index contributed by atoms with van der Waals surface area (Å²) in [6.45, 7) is 7.51. The lowest BCUT2D eigenvalue weighted by atomic mass is 10.2. The molecule has 0 radical (unpaired) electrons. The Balaban J connectivity index is 1.94. The fraction of sp³-hybridized carbons (Fsp3) is 0.818. The van der Waals surface area contributed by atoms with Crippen LogP contribution in [0.2, 0.25) is 0 Å². The molecule has 0 spiro atoms. The maximum absolute atomic E-state index is 5.80. The van der Waals surface area contributed by atoms with Crippen molar-refractivity contribution in [3.63, 3.8) is 0 Å². The van der Waals surface area contributed by atoms with Gasteiger partial charge in [0, 0.05) is 5.92 Å². The summed E-state index contributed by atoms with van der Waals surface area (Å²) in [5, 5.41) is 7.99. The second-order valence-corrected chi connectivity index (χ2v) is 5.32. The molecule has 0 atom stereocenters. The molecule has 5 heteroatoms. The first-order valence-corrected chi connectivity index (χ1v) is 5.80. The highest BCUT2D eigenvalue weighted by atomic mass is 16.5. The number of rotatable bonds is 4. The zero-order valence-corrected chi connectivity index (χ0v) is 10.2. The number of nitrogens with zero attached hydrogens (tertiary/aromatic N) is 3. The van der Waals surface area contributed by atoms with Crippen molar-refractivity contribution >= 4 is 5.82 Å². The standard InChI is InChI=1S/C11H20N4O/c1-11(2,3)16-7-6-15-9(8-4-5-8)10(12)13-14-15/h8H,4-7,12H2,1-3H3. The smallest absolute Gasteiger partial charge is 0.169 e. The minimum absolute atomic E-state index is 0.105. The van der Waals surface area contributed by atoms with E-state index >= 15 is 0 Å². The maximum atomic E-state index is 5.80. The highest BCUT2D eigenvalue weighted by molar-refractivity contribution is 5.38. The van der Waals surface area contributed by atoms with E-state index in [2.05, 4.69) is 10.3 Å². The van der Waals surface area contributed by atoms with Crippen molar-refractivity contribution in [1.82, 2.24) is 15.0 Å². The number of nitrogen functional groups attached to an aromatic ring is 1. The van der Waals surface area contributed by atoms with Crippen molar-refractivity contribution in [2.75, 3.05) is 12.3 Å². The van der Waals surface area contributed by atoms with Crippen LogP contribution in [0.3, 0.4) is 0 Å². The van der Waals surface area contributed by atoms with Crippen molar-refractivity contribution in [1.29, 1.82) is 0 Å². The molecule has 0 saturated heterocycles. The van der Waals surface area contributed by atoms with Crippen LogP contribution in [0.15, 0.2) is 0 Å². The molecule has 0 amide bonds. The molecule has 90 valence electrons. The summed E-state index contributed by atoms with van der Waals surface area (Å²) < 4.78 is 7.56. The Kier molecular flexibility index (Phi) is 2.88. The van der Waals surface area contributed by atoms with E-state index in [0.29, 0.717) is 18.3 Å². The van der Waals surface area contributed by atoms with Crippen LogP contribution in [0, 0.1) is 0 Å². The lowest BCUT2D eigenvalue weighted by Crippen LogP contribution is -2.22. The predicted molar refractivity (Wildman–Crippen MR) is 62.1 cm³/mol. The highest BCUT2D eigenvalue weighted by Crippen LogP contribution is 2.41. The van der Waals surface area contributed by atoms with E-state index in [0.717, 1.165) is 12.2 Å². The number of hydrogen-bond donors (Lipinski definition) is 1. The molecule has 0 unspecified atom stereocenters. The number of aromatic nitrogens is 3. The van der Waals surface area contributed by atoms with E-state index < -0.39 is 0 Å². The Morgan fingerprint density at radius 3 is 2.69 bits per heavy atom. The van der Waals surface area contributed by atoms with Gasteiger partial charge in [-0.25, -0.2) is 4.68 Å². The van der Waals surface area contributed by atoms with Crippen LogP contribution in [0.1, 0.15) is 45.2 Å². The van der Waals surface area contributed by atoms with Gasteiger partial charge >= 0.3 is 0 Å². The second kappa shape index (κ2) is 4.05. The highest BCUT2D eigenvalue weighted by Gasteiger charge is 2.30. The summed E-state index contributed by atoms with van der Waals surface area (Å²) in [7, 11) is 0.